The molecule has 5 fully saturated rings. The topological polar surface area (TPSA) is 314 Å². The number of Topliss-reactive ketones (excluding diaryl/α,β-unsaturated/α-hetero) is 1. The van der Waals surface area contributed by atoms with Gasteiger partial charge in [-0.1, -0.05) is 57.6 Å². The minimum Gasteiger partial charge on any atom is -0.396 e. The van der Waals surface area contributed by atoms with Gasteiger partial charge < -0.3 is 75.0 Å². The molecule has 3 aliphatic heterocycles. The zero-order chi connectivity index (χ0) is 50.0. The van der Waals surface area contributed by atoms with Gasteiger partial charge in [-0.15, -0.1) is 5.10 Å². The number of carbonyl (C=O) groups excluding carboxylic acids is 4. The van der Waals surface area contributed by atoms with Crippen molar-refractivity contribution in [3.8, 4) is 0 Å². The van der Waals surface area contributed by atoms with Gasteiger partial charge in [0, 0.05) is 44.3 Å². The van der Waals surface area contributed by atoms with Crippen molar-refractivity contribution in [1.29, 1.82) is 0 Å². The number of hydrogen-bond acceptors (Lipinski definition) is 18. The maximum Gasteiger partial charge on any atom is 0.273 e. The highest BCUT2D eigenvalue weighted by atomic mass is 16.7. The highest BCUT2D eigenvalue weighted by Crippen LogP contribution is 2.41. The first-order valence-electron chi connectivity index (χ1n) is 25.1. The van der Waals surface area contributed by atoms with Crippen molar-refractivity contribution in [3.63, 3.8) is 0 Å². The molecule has 6 rings (SSSR count). The summed E-state index contributed by atoms with van der Waals surface area (Å²) in [6.07, 6.45) is -6.08. The van der Waals surface area contributed by atoms with Crippen LogP contribution in [0, 0.1) is 23.2 Å². The quantitative estimate of drug-likeness (QED) is 0.0613. The molecule has 22 nitrogen and oxygen atoms in total. The number of aliphatic hydroxyl groups is 7. The molecule has 1 aromatic rings. The molecule has 9 N–H and O–H groups in total. The summed E-state index contributed by atoms with van der Waals surface area (Å²) in [5, 5.41) is 87.7. The van der Waals surface area contributed by atoms with Gasteiger partial charge in [-0.2, -0.15) is 0 Å². The van der Waals surface area contributed by atoms with Crippen molar-refractivity contribution >= 4 is 23.5 Å². The van der Waals surface area contributed by atoms with E-state index < -0.39 is 115 Å². The fraction of sp³-hybridized carbons (Fsp3) is 0.872. The fourth-order valence-corrected chi connectivity index (χ4v) is 10.4. The molecule has 4 heterocycles. The van der Waals surface area contributed by atoms with Gasteiger partial charge in [0.05, 0.1) is 50.9 Å². The van der Waals surface area contributed by atoms with E-state index in [0.29, 0.717) is 38.8 Å². The van der Waals surface area contributed by atoms with Crippen molar-refractivity contribution in [2.75, 3.05) is 39.5 Å². The maximum absolute atomic E-state index is 14.1. The van der Waals surface area contributed by atoms with Crippen LogP contribution in [0.1, 0.15) is 122 Å². The Morgan fingerprint density at radius 2 is 1.62 bits per heavy atom. The molecule has 392 valence electrons. The zero-order valence-corrected chi connectivity index (χ0v) is 40.6. The Hall–Kier alpha value is -3.26. The molecule has 0 spiro atoms. The van der Waals surface area contributed by atoms with Gasteiger partial charge in [-0.3, -0.25) is 23.9 Å². The van der Waals surface area contributed by atoms with Gasteiger partial charge in [0.25, 0.3) is 11.8 Å². The van der Waals surface area contributed by atoms with E-state index in [4.69, 9.17) is 23.7 Å². The molecular formula is C47H78N6O16. The predicted molar refractivity (Wildman–Crippen MR) is 243 cm³/mol. The summed E-state index contributed by atoms with van der Waals surface area (Å²) in [5.41, 5.74) is -0.795. The number of amides is 3. The maximum atomic E-state index is 14.1. The van der Waals surface area contributed by atoms with Crippen LogP contribution in [0.4, 0.5) is 0 Å². The second-order valence-electron chi connectivity index (χ2n) is 20.0. The monoisotopic (exact) mass is 983 g/mol. The smallest absolute Gasteiger partial charge is 0.273 e. The van der Waals surface area contributed by atoms with E-state index in [0.717, 1.165) is 38.5 Å². The molecule has 69 heavy (non-hydrogen) atoms. The number of nitrogens with zero attached hydrogens (tertiary/aromatic N) is 4. The van der Waals surface area contributed by atoms with Crippen LogP contribution >= 0.6 is 0 Å². The van der Waals surface area contributed by atoms with Gasteiger partial charge in [0.1, 0.15) is 54.6 Å². The zero-order valence-electron chi connectivity index (χ0n) is 40.6. The SMILES string of the molecule is CCC1CC(C(=O)CCCNC(=O)c2cn(CC(CC)(CO)CO)nn2)C[C@@H](O[C@@H]2O[C@@H](CO)[C@H](O)C(O[C@@H](CC3CCCCC3)C(=O)N3CCC3)C2NC(C)=O)[C@@H]1O[C@@H]1OC(C)[C@@H](O)[C@H](O)C1O. The molecule has 22 heteroatoms. The lowest BCUT2D eigenvalue weighted by atomic mass is 9.74. The van der Waals surface area contributed by atoms with Crippen LogP contribution in [-0.4, -0.2) is 198 Å². The van der Waals surface area contributed by atoms with Crippen molar-refractivity contribution in [3.05, 3.63) is 11.9 Å². The van der Waals surface area contributed by atoms with Crippen molar-refractivity contribution in [1.82, 2.24) is 30.5 Å². The van der Waals surface area contributed by atoms with E-state index in [1.165, 1.54) is 24.7 Å². The van der Waals surface area contributed by atoms with E-state index in [2.05, 4.69) is 20.9 Å². The Balaban J connectivity index is 1.21. The third-order valence-corrected chi connectivity index (χ3v) is 15.2. The molecular weight excluding hydrogens is 905 g/mol. The van der Waals surface area contributed by atoms with Crippen LogP contribution in [0.3, 0.4) is 0 Å². The first-order valence-corrected chi connectivity index (χ1v) is 25.1. The van der Waals surface area contributed by atoms with Crippen molar-refractivity contribution in [2.24, 2.45) is 23.2 Å². The number of ether oxygens (including phenoxy) is 5. The summed E-state index contributed by atoms with van der Waals surface area (Å²) >= 11 is 0. The summed E-state index contributed by atoms with van der Waals surface area (Å²) in [6, 6.07) is -1.23. The van der Waals surface area contributed by atoms with Crippen molar-refractivity contribution in [2.45, 2.75) is 197 Å². The number of ketones is 1. The molecule has 5 aliphatic rings. The number of rotatable bonds is 23. The number of aromatic nitrogens is 3. The molecule has 1 aromatic heterocycles. The molecule has 2 saturated carbocycles. The fourth-order valence-electron chi connectivity index (χ4n) is 10.4. The van der Waals surface area contributed by atoms with Gasteiger partial charge in [0.2, 0.25) is 5.91 Å². The first kappa shape index (κ1) is 55.1. The predicted octanol–water partition coefficient (Wildman–Crippen LogP) is -0.688. The highest BCUT2D eigenvalue weighted by molar-refractivity contribution is 5.91. The van der Waals surface area contributed by atoms with E-state index in [9.17, 15) is 54.9 Å². The van der Waals surface area contributed by atoms with Gasteiger partial charge in [-0.05, 0) is 57.3 Å². The lowest BCUT2D eigenvalue weighted by Crippen LogP contribution is -2.67. The van der Waals surface area contributed by atoms with Crippen LogP contribution in [0.2, 0.25) is 0 Å². The average molecular weight is 983 g/mol. The van der Waals surface area contributed by atoms with E-state index in [-0.39, 0.29) is 68.9 Å². The minimum atomic E-state index is -1.66. The summed E-state index contributed by atoms with van der Waals surface area (Å²) in [7, 11) is 0. The highest BCUT2D eigenvalue weighted by Gasteiger charge is 2.53. The number of aliphatic hydroxyl groups excluding tert-OH is 7. The van der Waals surface area contributed by atoms with Crippen LogP contribution < -0.4 is 10.6 Å². The first-order chi connectivity index (χ1) is 33.0. The molecule has 0 bridgehead atoms. The second-order valence-corrected chi connectivity index (χ2v) is 20.0. The Kier molecular flexibility index (Phi) is 20.3. The third-order valence-electron chi connectivity index (χ3n) is 15.2. The van der Waals surface area contributed by atoms with Gasteiger partial charge in [-0.25, -0.2) is 0 Å². The lowest BCUT2D eigenvalue weighted by Gasteiger charge is -2.49. The summed E-state index contributed by atoms with van der Waals surface area (Å²) < 4.78 is 33.4. The number of nitrogens with one attached hydrogen (secondary N) is 2. The molecule has 0 radical (unpaired) electrons. The van der Waals surface area contributed by atoms with Crippen LogP contribution in [0.15, 0.2) is 6.20 Å². The summed E-state index contributed by atoms with van der Waals surface area (Å²) in [6.45, 7) is 6.74. The minimum absolute atomic E-state index is 0.0309. The molecule has 6 unspecified atom stereocenters. The standard InChI is InChI=1S/C47H78N6O16/c1-5-29-19-30(32(58)14-10-15-48-43(63)31-21-53(51-50-31)23-47(6-2,24-55)25-56)20-33(41(29)69-46-40(62)39(61)37(59)26(3)65-46)67-45-36(49-27(4)57)42(38(60)35(22-54)68-45)66-34(44(64)52-16-11-17-52)18-28-12-8-7-9-13-28/h21,26,28-30,33-42,45-46,54-56,59-62H,5-20,22-25H2,1-4H3,(H,48,63)(H,49,57)/t26?,29?,30?,33-,34+,35+,36?,37-,38+,39+,40?,41-,42?,45-,46+/m1/s1. The number of carbonyl (C=O) groups is 4. The Labute approximate surface area is 403 Å². The normalized spacial score (nSPS) is 33.9. The molecule has 3 amide bonds. The van der Waals surface area contributed by atoms with Crippen LogP contribution in [0.25, 0.3) is 0 Å². The van der Waals surface area contributed by atoms with Gasteiger partial charge in [0.15, 0.2) is 18.3 Å². The van der Waals surface area contributed by atoms with Crippen molar-refractivity contribution < 1.29 is 78.6 Å². The van der Waals surface area contributed by atoms with Crippen LogP contribution in [-0.2, 0) is 44.6 Å². The van der Waals surface area contributed by atoms with Crippen LogP contribution in [0.5, 0.6) is 0 Å². The molecule has 2 aliphatic carbocycles. The van der Waals surface area contributed by atoms with E-state index >= 15 is 0 Å². The van der Waals surface area contributed by atoms with Gasteiger partial charge >= 0.3 is 0 Å². The number of hydrogen-bond donors (Lipinski definition) is 9. The molecule has 3 saturated heterocycles. The molecule has 15 atom stereocenters. The Morgan fingerprint density at radius 1 is 0.899 bits per heavy atom. The Bertz CT molecular complexity index is 1800. The summed E-state index contributed by atoms with van der Waals surface area (Å²) in [4.78, 5) is 55.8. The number of likely N-dealkylation sites (tertiary alicyclic amines) is 1. The van der Waals surface area contributed by atoms with E-state index in [1.807, 2.05) is 13.8 Å². The summed E-state index contributed by atoms with van der Waals surface area (Å²) in [5.74, 6) is -2.20. The third kappa shape index (κ3) is 13.6. The lowest BCUT2D eigenvalue weighted by molar-refractivity contribution is -0.338. The second kappa shape index (κ2) is 25.4. The molecule has 0 aromatic carbocycles. The van der Waals surface area contributed by atoms with E-state index in [1.54, 1.807) is 4.90 Å². The Morgan fingerprint density at radius 3 is 2.25 bits per heavy atom. The average Bonchev–Trinajstić information content (AvgIpc) is 3.80. The largest absolute Gasteiger partial charge is 0.396 e.